The first-order chi connectivity index (χ1) is 8.40. The summed E-state index contributed by atoms with van der Waals surface area (Å²) in [5.41, 5.74) is 1.27. The van der Waals surface area contributed by atoms with Crippen molar-refractivity contribution in [2.45, 2.75) is 6.92 Å². The highest BCUT2D eigenvalue weighted by Gasteiger charge is 2.34. The molecule has 2 rings (SSSR count). The second kappa shape index (κ2) is 4.14. The van der Waals surface area contributed by atoms with Crippen LogP contribution in [-0.2, 0) is 14.4 Å². The van der Waals surface area contributed by atoms with Crippen LogP contribution in [0.1, 0.15) is 6.92 Å². The van der Waals surface area contributed by atoms with E-state index in [0.29, 0.717) is 11.1 Å². The summed E-state index contributed by atoms with van der Waals surface area (Å²) in [5, 5.41) is 11.3. The van der Waals surface area contributed by atoms with E-state index in [-0.39, 0.29) is 12.2 Å². The predicted molar refractivity (Wildman–Crippen MR) is 62.0 cm³/mol. The van der Waals surface area contributed by atoms with Gasteiger partial charge in [0.15, 0.2) is 0 Å². The van der Waals surface area contributed by atoms with Gasteiger partial charge >= 0.3 is 5.97 Å². The van der Waals surface area contributed by atoms with Crippen LogP contribution in [0, 0.1) is 5.92 Å². The predicted octanol–water partition coefficient (Wildman–Crippen LogP) is 0.00310. The number of allylic oxidation sites excluding steroid dienone is 1. The van der Waals surface area contributed by atoms with E-state index in [9.17, 15) is 14.4 Å². The van der Waals surface area contributed by atoms with Gasteiger partial charge in [-0.15, -0.1) is 0 Å². The van der Waals surface area contributed by atoms with Crippen molar-refractivity contribution in [2.75, 3.05) is 6.54 Å². The molecule has 0 aliphatic carbocycles. The number of amides is 2. The minimum atomic E-state index is -1.05. The van der Waals surface area contributed by atoms with E-state index < -0.39 is 23.7 Å². The van der Waals surface area contributed by atoms with E-state index in [0.717, 1.165) is 0 Å². The number of nitrogens with one attached hydrogen (secondary N) is 1. The third-order valence-corrected chi connectivity index (χ3v) is 2.82. The van der Waals surface area contributed by atoms with Crippen molar-refractivity contribution in [3.8, 4) is 0 Å². The molecule has 1 atom stereocenters. The molecule has 1 fully saturated rings. The Kier molecular flexibility index (Phi) is 2.78. The number of nitrogens with zero attached hydrogens (tertiary/aromatic N) is 1. The fraction of sp³-hybridized carbons (Fsp3) is 0.250. The minimum absolute atomic E-state index is 0.000687. The smallest absolute Gasteiger partial charge is 0.315 e. The Hall–Kier alpha value is -2.37. The van der Waals surface area contributed by atoms with Gasteiger partial charge in [0.05, 0.1) is 0 Å². The number of hydrogen-bond donors (Lipinski definition) is 2. The Morgan fingerprint density at radius 2 is 2.22 bits per heavy atom. The van der Waals surface area contributed by atoms with Crippen molar-refractivity contribution >= 4 is 17.8 Å². The summed E-state index contributed by atoms with van der Waals surface area (Å²) in [6.45, 7) is 5.40. The Bertz CT molecular complexity index is 530. The zero-order valence-corrected chi connectivity index (χ0v) is 9.77. The fourth-order valence-electron chi connectivity index (χ4n) is 1.96. The molecule has 0 aromatic heterocycles. The van der Waals surface area contributed by atoms with Gasteiger partial charge in [0.25, 0.3) is 5.91 Å². The van der Waals surface area contributed by atoms with Crippen LogP contribution in [-0.4, -0.2) is 34.3 Å². The highest BCUT2D eigenvalue weighted by atomic mass is 16.4. The molecule has 6 nitrogen and oxygen atoms in total. The molecule has 2 amide bonds. The second-order valence-electron chi connectivity index (χ2n) is 4.24. The lowest BCUT2D eigenvalue weighted by molar-refractivity contribution is -0.139. The molecule has 0 aromatic rings. The van der Waals surface area contributed by atoms with Crippen LogP contribution < -0.4 is 5.32 Å². The monoisotopic (exact) mass is 248 g/mol. The standard InChI is InChI=1S/C12H12N2O4/c1-6(2)8-4-14-5-10(15)13-11(16)9(14)3-7(8)12(17)18/h3-4,7H,1,5H2,2H3,(H,17,18)(H,13,15,16). The average molecular weight is 248 g/mol. The maximum atomic E-state index is 11.6. The Labute approximate surface area is 103 Å². The molecule has 2 heterocycles. The SMILES string of the molecule is C=C(C)C1=CN2CC(=O)NC(=O)C2=CC1C(=O)O. The first kappa shape index (κ1) is 12.1. The Morgan fingerprint density at radius 3 is 2.78 bits per heavy atom. The number of piperazine rings is 1. The Morgan fingerprint density at radius 1 is 1.56 bits per heavy atom. The molecule has 0 radical (unpaired) electrons. The van der Waals surface area contributed by atoms with Gasteiger partial charge < -0.3 is 10.0 Å². The van der Waals surface area contributed by atoms with Gasteiger partial charge in [0.2, 0.25) is 5.91 Å². The number of imide groups is 1. The number of carboxylic acids is 1. The fourth-order valence-corrected chi connectivity index (χ4v) is 1.96. The lowest BCUT2D eigenvalue weighted by Gasteiger charge is -2.32. The van der Waals surface area contributed by atoms with E-state index in [4.69, 9.17) is 5.11 Å². The number of hydrogen-bond acceptors (Lipinski definition) is 4. The molecule has 1 saturated heterocycles. The number of carbonyl (C=O) groups excluding carboxylic acids is 2. The van der Waals surface area contributed by atoms with Crippen molar-refractivity contribution in [1.29, 1.82) is 0 Å². The summed E-state index contributed by atoms with van der Waals surface area (Å²) in [4.78, 5) is 35.5. The summed E-state index contributed by atoms with van der Waals surface area (Å²) in [7, 11) is 0. The number of rotatable bonds is 2. The third kappa shape index (κ3) is 1.92. The van der Waals surface area contributed by atoms with Gasteiger partial charge in [-0.05, 0) is 18.6 Å². The first-order valence-electron chi connectivity index (χ1n) is 5.33. The van der Waals surface area contributed by atoms with Crippen LogP contribution in [0.25, 0.3) is 0 Å². The molecule has 0 saturated carbocycles. The summed E-state index contributed by atoms with van der Waals surface area (Å²) in [5.74, 6) is -2.95. The molecule has 94 valence electrons. The quantitative estimate of drug-likeness (QED) is 0.672. The number of carbonyl (C=O) groups is 3. The zero-order valence-electron chi connectivity index (χ0n) is 9.77. The van der Waals surface area contributed by atoms with Crippen molar-refractivity contribution in [3.05, 3.63) is 35.7 Å². The lowest BCUT2D eigenvalue weighted by atomic mass is 9.90. The molecule has 0 bridgehead atoms. The van der Waals surface area contributed by atoms with Gasteiger partial charge in [0, 0.05) is 6.20 Å². The Balaban J connectivity index is 2.45. The third-order valence-electron chi connectivity index (χ3n) is 2.82. The largest absolute Gasteiger partial charge is 0.481 e. The van der Waals surface area contributed by atoms with E-state index in [1.165, 1.54) is 17.2 Å². The maximum absolute atomic E-state index is 11.6. The van der Waals surface area contributed by atoms with Crippen LogP contribution in [0.5, 0.6) is 0 Å². The number of fused-ring (bicyclic) bond motifs is 1. The topological polar surface area (TPSA) is 86.7 Å². The highest BCUT2D eigenvalue weighted by molar-refractivity contribution is 6.08. The van der Waals surface area contributed by atoms with Crippen LogP contribution in [0.2, 0.25) is 0 Å². The van der Waals surface area contributed by atoms with Gasteiger partial charge in [0.1, 0.15) is 18.2 Å². The minimum Gasteiger partial charge on any atom is -0.481 e. The second-order valence-corrected chi connectivity index (χ2v) is 4.24. The van der Waals surface area contributed by atoms with Crippen molar-refractivity contribution in [3.63, 3.8) is 0 Å². The molecule has 2 aliphatic rings. The van der Waals surface area contributed by atoms with Crippen molar-refractivity contribution in [2.24, 2.45) is 5.92 Å². The van der Waals surface area contributed by atoms with E-state index in [1.54, 1.807) is 6.92 Å². The van der Waals surface area contributed by atoms with E-state index >= 15 is 0 Å². The van der Waals surface area contributed by atoms with Crippen LogP contribution >= 0.6 is 0 Å². The van der Waals surface area contributed by atoms with Gasteiger partial charge in [-0.25, -0.2) is 0 Å². The molecule has 1 unspecified atom stereocenters. The first-order valence-corrected chi connectivity index (χ1v) is 5.33. The molecule has 0 aromatic carbocycles. The molecule has 6 heteroatoms. The average Bonchev–Trinajstić information content (AvgIpc) is 2.26. The maximum Gasteiger partial charge on any atom is 0.315 e. The summed E-state index contributed by atoms with van der Waals surface area (Å²) in [6.07, 6.45) is 2.85. The summed E-state index contributed by atoms with van der Waals surface area (Å²) in [6, 6.07) is 0. The van der Waals surface area contributed by atoms with Crippen LogP contribution in [0.3, 0.4) is 0 Å². The van der Waals surface area contributed by atoms with Crippen molar-refractivity contribution in [1.82, 2.24) is 10.2 Å². The van der Waals surface area contributed by atoms with E-state index in [2.05, 4.69) is 11.9 Å². The van der Waals surface area contributed by atoms with Gasteiger partial charge in [-0.2, -0.15) is 0 Å². The van der Waals surface area contributed by atoms with Crippen LogP contribution in [0.4, 0.5) is 0 Å². The molecule has 2 aliphatic heterocycles. The zero-order chi connectivity index (χ0) is 13.4. The highest BCUT2D eigenvalue weighted by Crippen LogP contribution is 2.29. The van der Waals surface area contributed by atoms with Gasteiger partial charge in [-0.3, -0.25) is 19.7 Å². The molecular weight excluding hydrogens is 236 g/mol. The number of carboxylic acid groups (broad SMARTS) is 1. The molecular formula is C12H12N2O4. The molecule has 18 heavy (non-hydrogen) atoms. The molecule has 0 spiro atoms. The normalized spacial score (nSPS) is 22.7. The van der Waals surface area contributed by atoms with Crippen molar-refractivity contribution < 1.29 is 19.5 Å². The number of aliphatic carboxylic acids is 1. The van der Waals surface area contributed by atoms with Crippen LogP contribution in [0.15, 0.2) is 35.7 Å². The van der Waals surface area contributed by atoms with E-state index in [1.807, 2.05) is 0 Å². The summed E-state index contributed by atoms with van der Waals surface area (Å²) >= 11 is 0. The summed E-state index contributed by atoms with van der Waals surface area (Å²) < 4.78 is 0. The molecule has 2 N–H and O–H groups in total. The lowest BCUT2D eigenvalue weighted by Crippen LogP contribution is -2.49. The van der Waals surface area contributed by atoms with Gasteiger partial charge in [-0.1, -0.05) is 12.2 Å².